The number of carbonyl (C=O) groups is 2. The predicted octanol–water partition coefficient (Wildman–Crippen LogP) is 6.09. The lowest BCUT2D eigenvalue weighted by molar-refractivity contribution is -0.284. The number of benzene rings is 1. The summed E-state index contributed by atoms with van der Waals surface area (Å²) in [5.74, 6) is -7.99. The molecule has 0 radical (unpaired) electrons. The van der Waals surface area contributed by atoms with E-state index < -0.39 is 49.6 Å². The summed E-state index contributed by atoms with van der Waals surface area (Å²) < 4.78 is 110. The topological polar surface area (TPSA) is 52.6 Å². The first-order valence-electron chi connectivity index (χ1n) is 9.64. The second-order valence-electron chi connectivity index (χ2n) is 6.89. The van der Waals surface area contributed by atoms with Gasteiger partial charge in [-0.25, -0.2) is 4.79 Å². The monoisotopic (exact) mass is 478 g/mol. The molecule has 0 aliphatic rings. The van der Waals surface area contributed by atoms with Crippen LogP contribution in [0.25, 0.3) is 0 Å². The van der Waals surface area contributed by atoms with Gasteiger partial charge in [-0.05, 0) is 43.7 Å². The molecule has 12 heteroatoms. The van der Waals surface area contributed by atoms with E-state index in [9.17, 15) is 44.7 Å². The number of hydrogen-bond acceptors (Lipinski definition) is 4. The Bertz CT molecular complexity index is 741. The molecule has 182 valence electrons. The van der Waals surface area contributed by atoms with Crippen LogP contribution in [0.15, 0.2) is 24.3 Å². The van der Waals surface area contributed by atoms with Gasteiger partial charge in [-0.1, -0.05) is 24.3 Å². The van der Waals surface area contributed by atoms with Crippen molar-refractivity contribution in [2.75, 3.05) is 6.61 Å². The number of esters is 2. The van der Waals surface area contributed by atoms with Gasteiger partial charge in [0.1, 0.15) is 6.10 Å². The van der Waals surface area contributed by atoms with E-state index in [0.29, 0.717) is 18.4 Å². The third-order valence-corrected chi connectivity index (χ3v) is 4.36. The van der Waals surface area contributed by atoms with Crippen molar-refractivity contribution in [3.8, 4) is 0 Å². The van der Waals surface area contributed by atoms with E-state index in [2.05, 4.69) is 4.74 Å². The van der Waals surface area contributed by atoms with Crippen LogP contribution in [0.3, 0.4) is 0 Å². The van der Waals surface area contributed by atoms with Crippen LogP contribution in [0.2, 0.25) is 0 Å². The summed E-state index contributed by atoms with van der Waals surface area (Å²) in [5.41, 5.74) is 0.689. The molecule has 0 aliphatic carbocycles. The SMILES string of the molecule is CCOC(=O)CCCc1ccc([C@H](CCCC(F)(F)C(F)(F)F)OC(=O)C(F)(F)F)cc1. The summed E-state index contributed by atoms with van der Waals surface area (Å²) in [4.78, 5) is 22.5. The summed E-state index contributed by atoms with van der Waals surface area (Å²) >= 11 is 0. The van der Waals surface area contributed by atoms with Gasteiger partial charge in [-0.15, -0.1) is 0 Å². The standard InChI is InChI=1S/C20H22F8O4/c1-2-31-16(29)7-3-5-13-8-10-14(11-9-13)15(32-17(30)19(23,24)25)6-4-12-18(21,22)20(26,27)28/h8-11,15H,2-7,12H2,1H3/t15-/m0/s1. The highest BCUT2D eigenvalue weighted by Gasteiger charge is 2.56. The number of hydrogen-bond donors (Lipinski definition) is 0. The smallest absolute Gasteiger partial charge is 0.466 e. The summed E-state index contributed by atoms with van der Waals surface area (Å²) in [6, 6.07) is 5.52. The number of ether oxygens (including phenoxy) is 2. The third-order valence-electron chi connectivity index (χ3n) is 4.36. The minimum Gasteiger partial charge on any atom is -0.466 e. The zero-order valence-corrected chi connectivity index (χ0v) is 17.0. The van der Waals surface area contributed by atoms with Crippen LogP contribution in [0.4, 0.5) is 35.1 Å². The summed E-state index contributed by atoms with van der Waals surface area (Å²) in [5, 5.41) is 0. The zero-order chi connectivity index (χ0) is 24.6. The van der Waals surface area contributed by atoms with Crippen molar-refractivity contribution in [1.29, 1.82) is 0 Å². The number of carbonyl (C=O) groups excluding carboxylic acids is 2. The molecule has 0 heterocycles. The molecule has 0 bridgehead atoms. The molecule has 0 unspecified atom stereocenters. The molecule has 0 aliphatic heterocycles. The van der Waals surface area contributed by atoms with Gasteiger partial charge in [0.15, 0.2) is 0 Å². The average Bonchev–Trinajstić information content (AvgIpc) is 2.66. The molecular weight excluding hydrogens is 456 g/mol. The Morgan fingerprint density at radius 2 is 1.53 bits per heavy atom. The maximum absolute atomic E-state index is 13.1. The van der Waals surface area contributed by atoms with E-state index in [-0.39, 0.29) is 24.6 Å². The average molecular weight is 478 g/mol. The van der Waals surface area contributed by atoms with Crippen LogP contribution in [-0.2, 0) is 25.5 Å². The van der Waals surface area contributed by atoms with Crippen molar-refractivity contribution < 1.29 is 54.2 Å². The molecule has 32 heavy (non-hydrogen) atoms. The number of aryl methyl sites for hydroxylation is 1. The Morgan fingerprint density at radius 1 is 0.938 bits per heavy atom. The minimum atomic E-state index is -5.80. The lowest BCUT2D eigenvalue weighted by Gasteiger charge is -2.22. The predicted molar refractivity (Wildman–Crippen MR) is 95.8 cm³/mol. The van der Waals surface area contributed by atoms with Crippen LogP contribution in [-0.4, -0.2) is 36.8 Å². The van der Waals surface area contributed by atoms with Gasteiger partial charge in [0.25, 0.3) is 0 Å². The molecule has 1 atom stereocenters. The maximum atomic E-state index is 13.1. The normalized spacial score (nSPS) is 13.5. The highest BCUT2D eigenvalue weighted by atomic mass is 19.4. The Morgan fingerprint density at radius 3 is 2.03 bits per heavy atom. The fourth-order valence-electron chi connectivity index (χ4n) is 2.71. The molecule has 1 aromatic rings. The van der Waals surface area contributed by atoms with Gasteiger partial charge in [0.05, 0.1) is 6.61 Å². The van der Waals surface area contributed by atoms with Crippen molar-refractivity contribution in [2.45, 2.75) is 69.8 Å². The van der Waals surface area contributed by atoms with Gasteiger partial charge in [-0.2, -0.15) is 35.1 Å². The molecule has 0 amide bonds. The van der Waals surface area contributed by atoms with E-state index in [4.69, 9.17) is 4.74 Å². The van der Waals surface area contributed by atoms with Gasteiger partial charge < -0.3 is 9.47 Å². The fraction of sp³-hybridized carbons (Fsp3) is 0.600. The van der Waals surface area contributed by atoms with E-state index in [1.54, 1.807) is 6.92 Å². The number of alkyl halides is 8. The van der Waals surface area contributed by atoms with Gasteiger partial charge in [0, 0.05) is 12.8 Å². The number of halogens is 8. The first-order chi connectivity index (χ1) is 14.7. The second-order valence-corrected chi connectivity index (χ2v) is 6.89. The van der Waals surface area contributed by atoms with Crippen LogP contribution in [0.1, 0.15) is 56.3 Å². The van der Waals surface area contributed by atoms with Crippen molar-refractivity contribution in [2.24, 2.45) is 0 Å². The highest BCUT2D eigenvalue weighted by Crippen LogP contribution is 2.40. The Kier molecular flexibility index (Phi) is 9.90. The Hall–Kier alpha value is -2.40. The lowest BCUT2D eigenvalue weighted by Crippen LogP contribution is -2.36. The largest absolute Gasteiger partial charge is 0.490 e. The Labute approximate surface area is 178 Å². The van der Waals surface area contributed by atoms with E-state index in [1.165, 1.54) is 24.3 Å². The molecule has 0 fully saturated rings. The van der Waals surface area contributed by atoms with Crippen LogP contribution < -0.4 is 0 Å². The van der Waals surface area contributed by atoms with Crippen LogP contribution in [0.5, 0.6) is 0 Å². The van der Waals surface area contributed by atoms with Crippen molar-refractivity contribution in [3.05, 3.63) is 35.4 Å². The molecule has 0 N–H and O–H groups in total. The van der Waals surface area contributed by atoms with Gasteiger partial charge in [-0.3, -0.25) is 4.79 Å². The Balaban J connectivity index is 2.83. The molecule has 1 rings (SSSR count). The minimum absolute atomic E-state index is 0.00654. The van der Waals surface area contributed by atoms with E-state index in [0.717, 1.165) is 0 Å². The van der Waals surface area contributed by atoms with E-state index in [1.807, 2.05) is 0 Å². The molecule has 1 aromatic carbocycles. The lowest BCUT2D eigenvalue weighted by atomic mass is 9.99. The summed E-state index contributed by atoms with van der Waals surface area (Å²) in [6.45, 7) is 1.89. The van der Waals surface area contributed by atoms with Gasteiger partial charge >= 0.3 is 30.2 Å². The quantitative estimate of drug-likeness (QED) is 0.286. The highest BCUT2D eigenvalue weighted by molar-refractivity contribution is 5.75. The molecule has 0 saturated carbocycles. The van der Waals surface area contributed by atoms with E-state index >= 15 is 0 Å². The summed E-state index contributed by atoms with van der Waals surface area (Å²) in [7, 11) is 0. The zero-order valence-electron chi connectivity index (χ0n) is 17.0. The first kappa shape index (κ1) is 27.6. The fourth-order valence-corrected chi connectivity index (χ4v) is 2.71. The molecule has 0 aromatic heterocycles. The third kappa shape index (κ3) is 8.99. The molecule has 0 saturated heterocycles. The molecule has 0 spiro atoms. The van der Waals surface area contributed by atoms with Crippen LogP contribution in [0, 0.1) is 0 Å². The first-order valence-corrected chi connectivity index (χ1v) is 9.64. The van der Waals surface area contributed by atoms with Gasteiger partial charge in [0.2, 0.25) is 0 Å². The van der Waals surface area contributed by atoms with Crippen LogP contribution >= 0.6 is 0 Å². The molecule has 4 nitrogen and oxygen atoms in total. The van der Waals surface area contributed by atoms with Crippen molar-refractivity contribution in [3.63, 3.8) is 0 Å². The summed E-state index contributed by atoms with van der Waals surface area (Å²) in [6.07, 6.45) is -15.0. The maximum Gasteiger partial charge on any atom is 0.490 e. The number of rotatable bonds is 11. The van der Waals surface area contributed by atoms with Crippen molar-refractivity contribution >= 4 is 11.9 Å². The molecular formula is C20H22F8O4. The van der Waals surface area contributed by atoms with Crippen molar-refractivity contribution in [1.82, 2.24) is 0 Å². The second kappa shape index (κ2) is 11.5.